The fourth-order valence-electron chi connectivity index (χ4n) is 2.76. The topological polar surface area (TPSA) is 35.5 Å². The Hall–Kier alpha value is -1.35. The third-order valence-corrected chi connectivity index (χ3v) is 4.54. The summed E-state index contributed by atoms with van der Waals surface area (Å²) in [5.41, 5.74) is -0.852. The smallest absolute Gasteiger partial charge is 0.343 e. The van der Waals surface area contributed by atoms with Gasteiger partial charge in [-0.3, -0.25) is 0 Å². The third-order valence-electron chi connectivity index (χ3n) is 4.54. The first-order valence-corrected chi connectivity index (χ1v) is 6.72. The minimum atomic E-state index is -1.01. The Morgan fingerprint density at radius 1 is 1.16 bits per heavy atom. The van der Waals surface area contributed by atoms with Crippen molar-refractivity contribution in [2.75, 3.05) is 6.61 Å². The van der Waals surface area contributed by atoms with Gasteiger partial charge in [-0.15, -0.1) is 0 Å². The van der Waals surface area contributed by atoms with E-state index in [-0.39, 0.29) is 17.0 Å². The number of benzene rings is 1. The minimum Gasteiger partial charge on any atom is -0.464 e. The van der Waals surface area contributed by atoms with Crippen LogP contribution in [0.4, 0.5) is 0 Å². The predicted molar refractivity (Wildman–Crippen MR) is 73.7 cm³/mol. The summed E-state index contributed by atoms with van der Waals surface area (Å²) in [6.45, 7) is 10.3. The van der Waals surface area contributed by atoms with Crippen LogP contribution in [0.3, 0.4) is 0 Å². The number of esters is 1. The van der Waals surface area contributed by atoms with Gasteiger partial charge in [0.1, 0.15) is 0 Å². The molecule has 19 heavy (non-hydrogen) atoms. The van der Waals surface area contributed by atoms with Gasteiger partial charge >= 0.3 is 5.97 Å². The lowest BCUT2D eigenvalue weighted by Crippen LogP contribution is -2.73. The van der Waals surface area contributed by atoms with Crippen LogP contribution in [0.15, 0.2) is 30.3 Å². The van der Waals surface area contributed by atoms with Gasteiger partial charge in [0.25, 0.3) is 0 Å². The molecule has 3 heteroatoms. The summed E-state index contributed by atoms with van der Waals surface area (Å²) in [5, 5.41) is 0. The summed E-state index contributed by atoms with van der Waals surface area (Å²) >= 11 is 0. The molecule has 0 N–H and O–H groups in total. The molecule has 3 nitrogen and oxygen atoms in total. The Balaban J connectivity index is 2.52. The molecule has 0 aliphatic carbocycles. The number of carbonyl (C=O) groups is 1. The van der Waals surface area contributed by atoms with Crippen molar-refractivity contribution in [1.82, 2.24) is 0 Å². The highest BCUT2D eigenvalue weighted by atomic mass is 16.6. The van der Waals surface area contributed by atoms with Crippen LogP contribution in [-0.4, -0.2) is 18.2 Å². The van der Waals surface area contributed by atoms with Crippen molar-refractivity contribution in [2.45, 2.75) is 45.8 Å². The largest absolute Gasteiger partial charge is 0.464 e. The number of hydrogen-bond acceptors (Lipinski definition) is 3. The number of rotatable bonds is 3. The van der Waals surface area contributed by atoms with Crippen molar-refractivity contribution in [3.8, 4) is 0 Å². The van der Waals surface area contributed by atoms with E-state index in [1.807, 2.05) is 51.1 Å². The monoisotopic (exact) mass is 262 g/mol. The molecule has 2 rings (SSSR count). The first kappa shape index (κ1) is 14.1. The van der Waals surface area contributed by atoms with Gasteiger partial charge in [-0.05, 0) is 26.3 Å². The second-order valence-electron chi connectivity index (χ2n) is 6.01. The lowest BCUT2D eigenvalue weighted by Gasteiger charge is -2.64. The molecule has 1 atom stereocenters. The van der Waals surface area contributed by atoms with E-state index in [0.29, 0.717) is 6.61 Å². The summed E-state index contributed by atoms with van der Waals surface area (Å²) in [6, 6.07) is 9.61. The van der Waals surface area contributed by atoms with Crippen LogP contribution in [0, 0.1) is 5.41 Å². The van der Waals surface area contributed by atoms with Crippen molar-refractivity contribution in [1.29, 1.82) is 0 Å². The van der Waals surface area contributed by atoms with Crippen LogP contribution in [-0.2, 0) is 19.9 Å². The summed E-state index contributed by atoms with van der Waals surface area (Å²) in [5.74, 6) is -0.300. The highest BCUT2D eigenvalue weighted by Crippen LogP contribution is 2.62. The summed E-state index contributed by atoms with van der Waals surface area (Å²) in [6.07, 6.45) is 0. The van der Waals surface area contributed by atoms with Gasteiger partial charge in [-0.2, -0.15) is 0 Å². The number of carbonyl (C=O) groups excluding carboxylic acids is 1. The van der Waals surface area contributed by atoms with E-state index in [9.17, 15) is 4.79 Å². The van der Waals surface area contributed by atoms with Crippen LogP contribution in [0.2, 0.25) is 0 Å². The van der Waals surface area contributed by atoms with Crippen LogP contribution in [0.1, 0.15) is 40.2 Å². The Morgan fingerprint density at radius 2 is 1.74 bits per heavy atom. The molecule has 0 spiro atoms. The zero-order valence-corrected chi connectivity index (χ0v) is 12.3. The average molecular weight is 262 g/mol. The molecule has 0 amide bonds. The van der Waals surface area contributed by atoms with Gasteiger partial charge in [-0.25, -0.2) is 4.79 Å². The molecule has 0 radical (unpaired) electrons. The van der Waals surface area contributed by atoms with Gasteiger partial charge in [0.05, 0.1) is 12.2 Å². The van der Waals surface area contributed by atoms with Gasteiger partial charge < -0.3 is 9.47 Å². The number of hydrogen-bond donors (Lipinski definition) is 0. The average Bonchev–Trinajstić information content (AvgIpc) is 2.36. The molecule has 0 saturated carbocycles. The number of ether oxygens (including phenoxy) is 2. The second-order valence-corrected chi connectivity index (χ2v) is 6.01. The highest BCUT2D eigenvalue weighted by molar-refractivity contribution is 5.84. The third kappa shape index (κ3) is 1.71. The highest BCUT2D eigenvalue weighted by Gasteiger charge is 2.72. The molecule has 104 valence electrons. The van der Waals surface area contributed by atoms with E-state index in [1.54, 1.807) is 0 Å². The molecular weight excluding hydrogens is 240 g/mol. The van der Waals surface area contributed by atoms with Crippen LogP contribution in [0.5, 0.6) is 0 Å². The molecular formula is C16H22O3. The van der Waals surface area contributed by atoms with E-state index in [0.717, 1.165) is 5.56 Å². The molecule has 1 heterocycles. The van der Waals surface area contributed by atoms with E-state index < -0.39 is 5.60 Å². The SMILES string of the molecule is CCOC(=O)C1(c2ccccc2)OC(C)(C)C1(C)C. The van der Waals surface area contributed by atoms with E-state index in [1.165, 1.54) is 0 Å². The molecule has 1 aliphatic heterocycles. The summed E-state index contributed by atoms with van der Waals surface area (Å²) < 4.78 is 11.3. The maximum atomic E-state index is 12.5. The van der Waals surface area contributed by atoms with Crippen molar-refractivity contribution < 1.29 is 14.3 Å². The van der Waals surface area contributed by atoms with Gasteiger partial charge in [-0.1, -0.05) is 44.2 Å². The molecule has 1 aromatic carbocycles. The van der Waals surface area contributed by atoms with Gasteiger partial charge in [0, 0.05) is 5.41 Å². The first-order valence-electron chi connectivity index (χ1n) is 6.72. The lowest BCUT2D eigenvalue weighted by molar-refractivity contribution is -0.353. The fourth-order valence-corrected chi connectivity index (χ4v) is 2.76. The van der Waals surface area contributed by atoms with E-state index in [4.69, 9.17) is 9.47 Å². The normalized spacial score (nSPS) is 27.4. The van der Waals surface area contributed by atoms with E-state index in [2.05, 4.69) is 13.8 Å². The maximum Gasteiger partial charge on any atom is 0.343 e. The molecule has 1 aromatic rings. The lowest BCUT2D eigenvalue weighted by atomic mass is 9.56. The molecule has 1 aliphatic rings. The van der Waals surface area contributed by atoms with Crippen LogP contribution < -0.4 is 0 Å². The Kier molecular flexibility index (Phi) is 3.21. The molecule has 1 saturated heterocycles. The quantitative estimate of drug-likeness (QED) is 0.784. The Bertz CT molecular complexity index is 476. The Labute approximate surface area is 114 Å². The first-order chi connectivity index (χ1) is 8.79. The van der Waals surface area contributed by atoms with Crippen molar-refractivity contribution in [3.05, 3.63) is 35.9 Å². The minimum absolute atomic E-state index is 0.300. The van der Waals surface area contributed by atoms with Crippen LogP contribution >= 0.6 is 0 Å². The summed E-state index contributed by atoms with van der Waals surface area (Å²) in [7, 11) is 0. The maximum absolute atomic E-state index is 12.5. The van der Waals surface area contributed by atoms with Crippen molar-refractivity contribution >= 4 is 5.97 Å². The van der Waals surface area contributed by atoms with Gasteiger partial charge in [0.15, 0.2) is 5.60 Å². The van der Waals surface area contributed by atoms with Crippen molar-refractivity contribution in [2.24, 2.45) is 5.41 Å². The fraction of sp³-hybridized carbons (Fsp3) is 0.562. The second kappa shape index (κ2) is 4.34. The Morgan fingerprint density at radius 3 is 2.16 bits per heavy atom. The van der Waals surface area contributed by atoms with Crippen LogP contribution in [0.25, 0.3) is 0 Å². The van der Waals surface area contributed by atoms with Gasteiger partial charge in [0.2, 0.25) is 0 Å². The summed E-state index contributed by atoms with van der Waals surface area (Å²) in [4.78, 5) is 12.5. The molecule has 0 bridgehead atoms. The van der Waals surface area contributed by atoms with E-state index >= 15 is 0 Å². The van der Waals surface area contributed by atoms with Crippen molar-refractivity contribution in [3.63, 3.8) is 0 Å². The standard InChI is InChI=1S/C16H22O3/c1-6-18-13(17)16(12-10-8-7-9-11-12)14(2,3)15(4,5)19-16/h7-11H,6H2,1-5H3. The predicted octanol–water partition coefficient (Wildman–Crippen LogP) is 3.28. The zero-order chi connectivity index (χ0) is 14.3. The molecule has 0 aromatic heterocycles. The molecule has 1 unspecified atom stereocenters. The molecule has 1 fully saturated rings. The zero-order valence-electron chi connectivity index (χ0n) is 12.3.